The van der Waals surface area contributed by atoms with Crippen LogP contribution in [0.2, 0.25) is 0 Å². The van der Waals surface area contributed by atoms with Gasteiger partial charge in [-0.3, -0.25) is 0 Å². The molecule has 2 heteroatoms. The normalized spacial score (nSPS) is 17.2. The Morgan fingerprint density at radius 1 is 0.286 bits per heavy atom. The largest absolute Gasteiger partial charge is 0.311 e. The van der Waals surface area contributed by atoms with Crippen LogP contribution in [-0.4, -0.2) is 0 Å². The van der Waals surface area contributed by atoms with Gasteiger partial charge in [-0.1, -0.05) is 304 Å². The molecule has 2 unspecified atom stereocenters. The van der Waals surface area contributed by atoms with Crippen LogP contribution in [0.1, 0.15) is 128 Å². The van der Waals surface area contributed by atoms with E-state index in [2.05, 4.69) is 381 Å². The molecule has 0 fully saturated rings. The molecule has 0 amide bonds. The van der Waals surface area contributed by atoms with E-state index in [1.54, 1.807) is 0 Å². The van der Waals surface area contributed by atoms with Crippen molar-refractivity contribution in [2.75, 3.05) is 9.80 Å². The lowest BCUT2D eigenvalue weighted by atomic mass is 9.74. The lowest BCUT2D eigenvalue weighted by Gasteiger charge is -2.35. The van der Waals surface area contributed by atoms with Crippen LogP contribution in [0.25, 0.3) is 90.4 Å². The van der Waals surface area contributed by atoms with Crippen molar-refractivity contribution in [3.8, 4) is 44.5 Å². The van der Waals surface area contributed by atoms with Crippen LogP contribution in [0.4, 0.5) is 28.4 Å². The molecule has 13 aromatic carbocycles. The summed E-state index contributed by atoms with van der Waals surface area (Å²) in [6.45, 7) is 19.2. The van der Waals surface area contributed by atoms with Crippen molar-refractivity contribution in [1.29, 1.82) is 0 Å². The first-order valence-corrected chi connectivity index (χ1v) is 35.0. The molecule has 0 saturated carbocycles. The second-order valence-corrected chi connectivity index (χ2v) is 30.2. The number of fused-ring (bicyclic) bond motifs is 14. The molecule has 472 valence electrons. The van der Waals surface area contributed by atoms with Crippen molar-refractivity contribution in [2.24, 2.45) is 5.92 Å². The maximum absolute atomic E-state index is 2.56. The van der Waals surface area contributed by atoms with Gasteiger partial charge >= 0.3 is 0 Å². The minimum Gasteiger partial charge on any atom is -0.311 e. The quantitative estimate of drug-likeness (QED) is 0.119. The summed E-state index contributed by atoms with van der Waals surface area (Å²) in [7, 11) is 0. The monoisotopic (exact) mass is 1260 g/mol. The van der Waals surface area contributed by atoms with Crippen LogP contribution in [0.3, 0.4) is 0 Å². The maximum atomic E-state index is 2.56. The predicted octanol–water partition coefficient (Wildman–Crippen LogP) is 25.7. The Morgan fingerprint density at radius 2 is 0.643 bits per heavy atom. The molecule has 0 N–H and O–H groups in total. The second-order valence-electron chi connectivity index (χ2n) is 30.2. The topological polar surface area (TPSA) is 6.48 Å². The van der Waals surface area contributed by atoms with Crippen LogP contribution >= 0.6 is 0 Å². The zero-order valence-electron chi connectivity index (χ0n) is 57.1. The van der Waals surface area contributed by atoms with Gasteiger partial charge in [0.1, 0.15) is 0 Å². The summed E-state index contributed by atoms with van der Waals surface area (Å²) in [5, 5.41) is 4.96. The molecule has 98 heavy (non-hydrogen) atoms. The van der Waals surface area contributed by atoms with Crippen molar-refractivity contribution >= 4 is 74.3 Å². The van der Waals surface area contributed by atoms with E-state index in [4.69, 9.17) is 0 Å². The van der Waals surface area contributed by atoms with Gasteiger partial charge in [-0.25, -0.2) is 0 Å². The van der Waals surface area contributed by atoms with Crippen LogP contribution in [-0.2, 0) is 21.7 Å². The smallest absolute Gasteiger partial charge is 0.0468 e. The van der Waals surface area contributed by atoms with Gasteiger partial charge in [0.25, 0.3) is 0 Å². The van der Waals surface area contributed by atoms with E-state index < -0.39 is 0 Å². The second kappa shape index (κ2) is 22.2. The minimum absolute atomic E-state index is 0.00813. The number of rotatable bonds is 11. The molecule has 0 saturated heterocycles. The highest BCUT2D eigenvalue weighted by Gasteiger charge is 2.46. The standard InChI is InChI=1S/C96H78N2/c1-93(2)85-23-15-13-21-77(85)81-49-43-73(57-89(81)93)97(71-41-39-65-17-9-11-19-69(65)55-71)75-45-51-83-79-47-33-63(53-87(79)95(5,6)91(83)59-75)27-25-61-29-35-67(36-30-61)68-37-31-62(32-38-68)26-28-64-34-48-80-84-52-46-76(60-92(84)96(7,8)88(80)54-64)98(72-42-40-66-18-10-12-20-70(66)56-72)74-44-50-82-78-22-14-16-24-86(78)94(3,4)90(82)58-74/h9-60,81,89H,1-8H3/b27-25+,28-26+. The lowest BCUT2D eigenvalue weighted by Crippen LogP contribution is -2.28. The van der Waals surface area contributed by atoms with E-state index in [0.29, 0.717) is 11.8 Å². The summed E-state index contributed by atoms with van der Waals surface area (Å²) < 4.78 is 0. The molecule has 5 aliphatic carbocycles. The molecule has 0 aliphatic heterocycles. The Hall–Kier alpha value is -11.1. The number of benzene rings is 13. The minimum atomic E-state index is -0.214. The fourth-order valence-electron chi connectivity index (χ4n) is 17.6. The highest BCUT2D eigenvalue weighted by Crippen LogP contribution is 2.57. The molecular formula is C96H78N2. The van der Waals surface area contributed by atoms with Crippen molar-refractivity contribution in [3.05, 3.63) is 364 Å². The Labute approximate surface area is 577 Å². The van der Waals surface area contributed by atoms with Gasteiger partial charge in [0.2, 0.25) is 0 Å². The summed E-state index contributed by atoms with van der Waals surface area (Å²) in [5.41, 5.74) is 32.7. The van der Waals surface area contributed by atoms with Gasteiger partial charge in [0, 0.05) is 56.3 Å². The van der Waals surface area contributed by atoms with Crippen molar-refractivity contribution < 1.29 is 0 Å². The molecule has 2 atom stereocenters. The van der Waals surface area contributed by atoms with Gasteiger partial charge in [0.05, 0.1) is 0 Å². The van der Waals surface area contributed by atoms with E-state index in [0.717, 1.165) is 11.4 Å². The molecule has 2 nitrogen and oxygen atoms in total. The van der Waals surface area contributed by atoms with Crippen molar-refractivity contribution in [1.82, 2.24) is 0 Å². The first-order valence-electron chi connectivity index (χ1n) is 35.0. The Kier molecular flexibility index (Phi) is 13.5. The Balaban J connectivity index is 0.565. The molecule has 13 aromatic rings. The van der Waals surface area contributed by atoms with Crippen molar-refractivity contribution in [3.63, 3.8) is 0 Å². The van der Waals surface area contributed by atoms with E-state index in [9.17, 15) is 0 Å². The molecular weight excluding hydrogens is 1180 g/mol. The molecule has 0 radical (unpaired) electrons. The van der Waals surface area contributed by atoms with Crippen LogP contribution in [0.15, 0.2) is 297 Å². The first kappa shape index (κ1) is 59.4. The summed E-state index contributed by atoms with van der Waals surface area (Å²) >= 11 is 0. The fourth-order valence-corrected chi connectivity index (χ4v) is 17.6. The van der Waals surface area contributed by atoms with Gasteiger partial charge in [-0.05, 0) is 211 Å². The molecule has 0 heterocycles. The van der Waals surface area contributed by atoms with Gasteiger partial charge < -0.3 is 9.80 Å². The van der Waals surface area contributed by atoms with E-state index in [-0.39, 0.29) is 21.7 Å². The van der Waals surface area contributed by atoms with E-state index in [1.807, 2.05) is 0 Å². The average molecular weight is 1260 g/mol. The fraction of sp³-hybridized carbons (Fsp3) is 0.146. The third-order valence-corrected chi connectivity index (χ3v) is 23.1. The number of nitrogens with zero attached hydrogens (tertiary/aromatic N) is 2. The summed E-state index contributed by atoms with van der Waals surface area (Å²) in [5.74, 6) is 0.714. The van der Waals surface area contributed by atoms with Gasteiger partial charge in [-0.2, -0.15) is 0 Å². The molecule has 0 spiro atoms. The zero-order valence-corrected chi connectivity index (χ0v) is 57.1. The first-order chi connectivity index (χ1) is 47.5. The zero-order chi connectivity index (χ0) is 66.4. The van der Waals surface area contributed by atoms with Crippen LogP contribution in [0.5, 0.6) is 0 Å². The predicted molar refractivity (Wildman–Crippen MR) is 417 cm³/mol. The Bertz CT molecular complexity index is 5580. The highest BCUT2D eigenvalue weighted by atomic mass is 15.2. The molecule has 5 aliphatic rings. The Morgan fingerprint density at radius 3 is 1.15 bits per heavy atom. The number of hydrogen-bond acceptors (Lipinski definition) is 2. The number of anilines is 5. The maximum Gasteiger partial charge on any atom is 0.0468 e. The lowest BCUT2D eigenvalue weighted by molar-refractivity contribution is 0.392. The van der Waals surface area contributed by atoms with Gasteiger partial charge in [0.15, 0.2) is 0 Å². The van der Waals surface area contributed by atoms with E-state index >= 15 is 0 Å². The molecule has 18 rings (SSSR count). The number of allylic oxidation sites excluding steroid dienone is 3. The summed E-state index contributed by atoms with van der Waals surface area (Å²) in [4.78, 5) is 4.97. The molecule has 0 bridgehead atoms. The average Bonchev–Trinajstić information content (AvgIpc) is 1.58. The third kappa shape index (κ3) is 9.50. The SMILES string of the molecule is CC1(C)c2cc(/C=C/c3ccc(-c4ccc(/C=C/c5ccc6c(c5)C(C)(C)c5cc(N(c7ccc8c(c7)C(C)(C)c7ccccc7-8)c7ccc8ccccc8c7)ccc5-6)cc4)cc3)ccc2-c2ccc(N(C3=CC4C(C=C3)c3ccccc3C4(C)C)c3ccc4ccccc4c3)cc21. The van der Waals surface area contributed by atoms with Crippen LogP contribution < -0.4 is 9.80 Å². The third-order valence-electron chi connectivity index (χ3n) is 23.1. The number of hydrogen-bond donors (Lipinski definition) is 0. The van der Waals surface area contributed by atoms with E-state index in [1.165, 1.54) is 156 Å². The summed E-state index contributed by atoms with van der Waals surface area (Å²) in [6.07, 6.45) is 16.5. The van der Waals surface area contributed by atoms with Gasteiger partial charge in [-0.15, -0.1) is 0 Å². The summed E-state index contributed by atoms with van der Waals surface area (Å²) in [6, 6.07) is 103. The van der Waals surface area contributed by atoms with Crippen LogP contribution in [0, 0.1) is 5.92 Å². The highest BCUT2D eigenvalue weighted by molar-refractivity contribution is 5.94. The van der Waals surface area contributed by atoms with Crippen molar-refractivity contribution in [2.45, 2.75) is 83.0 Å². The molecule has 0 aromatic heterocycles.